The molecule has 3 rings (SSSR count). The monoisotopic (exact) mass is 347 g/mol. The summed E-state index contributed by atoms with van der Waals surface area (Å²) < 4.78 is 26.7. The molecule has 5 heteroatoms. The van der Waals surface area contributed by atoms with Gasteiger partial charge >= 0.3 is 0 Å². The Bertz CT molecular complexity index is 634. The van der Waals surface area contributed by atoms with Gasteiger partial charge < -0.3 is 15.1 Å². The predicted octanol–water partition coefficient (Wildman–Crippen LogP) is 2.91. The number of hydrogen-bond donors (Lipinski definition) is 2. The van der Waals surface area contributed by atoms with Gasteiger partial charge in [-0.2, -0.15) is 0 Å². The smallest absolute Gasteiger partial charge is 0.123 e. The normalized spacial score (nSPS) is 17.0. The molecule has 0 amide bonds. The zero-order valence-corrected chi connectivity index (χ0v) is 14.0. The lowest BCUT2D eigenvalue weighted by Crippen LogP contribution is -2.44. The number of piperidine rings is 1. The number of β-amino-alcohol motifs (C(OH)–C–C–N with tert-alkyl or cyclic N) is 1. The lowest BCUT2D eigenvalue weighted by Gasteiger charge is -2.42. The van der Waals surface area contributed by atoms with Gasteiger partial charge in [0.15, 0.2) is 0 Å². The maximum absolute atomic E-state index is 13.3. The van der Waals surface area contributed by atoms with E-state index < -0.39 is 5.60 Å². The van der Waals surface area contributed by atoms with Crippen LogP contribution in [0.4, 0.5) is 8.78 Å². The largest absolute Gasteiger partial charge is 0.395 e. The summed E-state index contributed by atoms with van der Waals surface area (Å²) in [6.07, 6.45) is 1.48. The molecule has 0 aromatic heterocycles. The lowest BCUT2D eigenvalue weighted by molar-refractivity contribution is -0.0158. The highest BCUT2D eigenvalue weighted by Gasteiger charge is 2.41. The van der Waals surface area contributed by atoms with Crippen molar-refractivity contribution < 1.29 is 19.0 Å². The Morgan fingerprint density at radius 2 is 1.32 bits per heavy atom. The van der Waals surface area contributed by atoms with Crippen molar-refractivity contribution in [1.82, 2.24) is 4.90 Å². The van der Waals surface area contributed by atoms with Gasteiger partial charge in [-0.15, -0.1) is 0 Å². The van der Waals surface area contributed by atoms with Crippen molar-refractivity contribution in [3.05, 3.63) is 71.3 Å². The van der Waals surface area contributed by atoms with E-state index in [1.54, 1.807) is 24.3 Å². The first-order chi connectivity index (χ1) is 12.0. The molecule has 0 saturated carbocycles. The van der Waals surface area contributed by atoms with Crippen LogP contribution >= 0.6 is 0 Å². The number of aliphatic hydroxyl groups excluding tert-OH is 1. The van der Waals surface area contributed by atoms with Crippen molar-refractivity contribution in [2.45, 2.75) is 18.4 Å². The maximum atomic E-state index is 13.3. The minimum absolute atomic E-state index is 0.0710. The van der Waals surface area contributed by atoms with Crippen molar-refractivity contribution in [2.24, 2.45) is 5.92 Å². The lowest BCUT2D eigenvalue weighted by atomic mass is 9.72. The zero-order chi connectivity index (χ0) is 17.9. The summed E-state index contributed by atoms with van der Waals surface area (Å²) in [4.78, 5) is 2.16. The molecule has 0 atom stereocenters. The number of rotatable bonds is 5. The van der Waals surface area contributed by atoms with Gasteiger partial charge in [0.25, 0.3) is 0 Å². The minimum atomic E-state index is -1.30. The molecular weight excluding hydrogens is 324 g/mol. The van der Waals surface area contributed by atoms with Crippen molar-refractivity contribution >= 4 is 0 Å². The average molecular weight is 347 g/mol. The van der Waals surface area contributed by atoms with Crippen LogP contribution in [0.15, 0.2) is 48.5 Å². The molecular formula is C20H23F2NO2. The molecule has 1 aliphatic heterocycles. The second-order valence-electron chi connectivity index (χ2n) is 6.62. The average Bonchev–Trinajstić information content (AvgIpc) is 2.63. The molecule has 0 radical (unpaired) electrons. The van der Waals surface area contributed by atoms with Gasteiger partial charge in [0.1, 0.15) is 17.2 Å². The van der Waals surface area contributed by atoms with E-state index in [9.17, 15) is 13.9 Å². The Morgan fingerprint density at radius 1 is 0.880 bits per heavy atom. The Balaban J connectivity index is 1.95. The molecule has 2 aromatic rings. The number of nitrogens with zero attached hydrogens (tertiary/aromatic N) is 1. The predicted molar refractivity (Wildman–Crippen MR) is 92.0 cm³/mol. The van der Waals surface area contributed by atoms with Gasteiger partial charge in [-0.25, -0.2) is 8.78 Å². The van der Waals surface area contributed by atoms with Crippen LogP contribution in [-0.4, -0.2) is 41.4 Å². The number of aliphatic hydroxyl groups is 2. The van der Waals surface area contributed by atoms with E-state index in [2.05, 4.69) is 4.90 Å². The Morgan fingerprint density at radius 3 is 1.72 bits per heavy atom. The molecule has 0 spiro atoms. The van der Waals surface area contributed by atoms with Crippen LogP contribution in [0.3, 0.4) is 0 Å². The first-order valence-corrected chi connectivity index (χ1v) is 8.61. The first-order valence-electron chi connectivity index (χ1n) is 8.61. The highest BCUT2D eigenvalue weighted by atomic mass is 19.1. The number of likely N-dealkylation sites (tertiary alicyclic amines) is 1. The number of halogens is 2. The second kappa shape index (κ2) is 7.60. The molecule has 2 N–H and O–H groups in total. The summed E-state index contributed by atoms with van der Waals surface area (Å²) in [5, 5.41) is 20.8. The summed E-state index contributed by atoms with van der Waals surface area (Å²) in [6.45, 7) is 2.29. The summed E-state index contributed by atoms with van der Waals surface area (Å²) in [5.41, 5.74) is -0.0746. The van der Waals surface area contributed by atoms with Crippen LogP contribution in [0.1, 0.15) is 24.0 Å². The molecule has 3 nitrogen and oxygen atoms in total. The molecule has 0 unspecified atom stereocenters. The fourth-order valence-electron chi connectivity index (χ4n) is 3.76. The van der Waals surface area contributed by atoms with Crippen LogP contribution in [0.2, 0.25) is 0 Å². The highest BCUT2D eigenvalue weighted by molar-refractivity contribution is 5.37. The number of hydrogen-bond acceptors (Lipinski definition) is 3. The van der Waals surface area contributed by atoms with Crippen LogP contribution in [-0.2, 0) is 5.60 Å². The topological polar surface area (TPSA) is 43.7 Å². The standard InChI is InChI=1S/C20H23F2NO2/c21-18-5-1-15(2-6-18)20(25,16-3-7-19(22)8-4-16)17-9-11-23(12-10-17)13-14-24/h1-8,17,24-25H,9-14H2. The van der Waals surface area contributed by atoms with Crippen LogP contribution in [0.25, 0.3) is 0 Å². The van der Waals surface area contributed by atoms with Crippen molar-refractivity contribution in [3.8, 4) is 0 Å². The van der Waals surface area contributed by atoms with E-state index >= 15 is 0 Å². The van der Waals surface area contributed by atoms with E-state index in [4.69, 9.17) is 5.11 Å². The van der Waals surface area contributed by atoms with E-state index in [0.29, 0.717) is 17.7 Å². The van der Waals surface area contributed by atoms with E-state index in [0.717, 1.165) is 25.9 Å². The van der Waals surface area contributed by atoms with Crippen molar-refractivity contribution in [2.75, 3.05) is 26.2 Å². The SMILES string of the molecule is OCCN1CCC(C(O)(c2ccc(F)cc2)c2ccc(F)cc2)CC1. The molecule has 25 heavy (non-hydrogen) atoms. The van der Waals surface area contributed by atoms with E-state index in [-0.39, 0.29) is 24.2 Å². The molecule has 1 heterocycles. The quantitative estimate of drug-likeness (QED) is 0.874. The van der Waals surface area contributed by atoms with Crippen molar-refractivity contribution in [1.29, 1.82) is 0 Å². The highest BCUT2D eigenvalue weighted by Crippen LogP contribution is 2.42. The van der Waals surface area contributed by atoms with Gasteiger partial charge in [-0.1, -0.05) is 24.3 Å². The molecule has 1 saturated heterocycles. The summed E-state index contributed by atoms with van der Waals surface area (Å²) in [7, 11) is 0. The van der Waals surface area contributed by atoms with Crippen molar-refractivity contribution in [3.63, 3.8) is 0 Å². The van der Waals surface area contributed by atoms with Crippen LogP contribution < -0.4 is 0 Å². The van der Waals surface area contributed by atoms with E-state index in [1.165, 1.54) is 24.3 Å². The third-order valence-corrected chi connectivity index (χ3v) is 5.16. The molecule has 134 valence electrons. The zero-order valence-electron chi connectivity index (χ0n) is 14.0. The fraction of sp³-hybridized carbons (Fsp3) is 0.400. The third-order valence-electron chi connectivity index (χ3n) is 5.16. The Labute approximate surface area is 146 Å². The molecule has 2 aromatic carbocycles. The van der Waals surface area contributed by atoms with Gasteiger partial charge in [-0.05, 0) is 67.2 Å². The maximum Gasteiger partial charge on any atom is 0.123 e. The summed E-state index contributed by atoms with van der Waals surface area (Å²) in [6, 6.07) is 11.7. The van der Waals surface area contributed by atoms with Crippen LogP contribution in [0, 0.1) is 17.6 Å². The molecule has 1 fully saturated rings. The summed E-state index contributed by atoms with van der Waals surface area (Å²) >= 11 is 0. The Kier molecular flexibility index (Phi) is 5.47. The van der Waals surface area contributed by atoms with Gasteiger partial charge in [0, 0.05) is 6.54 Å². The van der Waals surface area contributed by atoms with Gasteiger partial charge in [0.2, 0.25) is 0 Å². The molecule has 0 aliphatic carbocycles. The minimum Gasteiger partial charge on any atom is -0.395 e. The third kappa shape index (κ3) is 3.73. The molecule has 1 aliphatic rings. The van der Waals surface area contributed by atoms with Gasteiger partial charge in [0.05, 0.1) is 6.61 Å². The number of benzene rings is 2. The Hall–Kier alpha value is -1.82. The van der Waals surface area contributed by atoms with Crippen LogP contribution in [0.5, 0.6) is 0 Å². The molecule has 0 bridgehead atoms. The van der Waals surface area contributed by atoms with Gasteiger partial charge in [-0.3, -0.25) is 0 Å². The first kappa shape index (κ1) is 18.0. The fourth-order valence-corrected chi connectivity index (χ4v) is 3.76. The second-order valence-corrected chi connectivity index (χ2v) is 6.62. The van der Waals surface area contributed by atoms with E-state index in [1.807, 2.05) is 0 Å². The summed E-state index contributed by atoms with van der Waals surface area (Å²) in [5.74, 6) is -0.788.